The molecule has 0 aromatic carbocycles. The molecule has 2 heterocycles. The second kappa shape index (κ2) is 7.74. The third-order valence-electron chi connectivity index (χ3n) is 4.69. The van der Waals surface area contributed by atoms with E-state index in [1.54, 1.807) is 0 Å². The fourth-order valence-electron chi connectivity index (χ4n) is 3.42. The molecule has 2 fully saturated rings. The number of hydrogen-bond donors (Lipinski definition) is 1. The van der Waals surface area contributed by atoms with E-state index in [0.717, 1.165) is 26.2 Å². The van der Waals surface area contributed by atoms with Crippen LogP contribution in [0.5, 0.6) is 0 Å². The van der Waals surface area contributed by atoms with Gasteiger partial charge in [-0.25, -0.2) is 0 Å². The standard InChI is InChI=1S/C16H32N2O2/c1-4-9-17-11-14-6-7-15(20-14)12-18-10-5-8-16(2,13-18)19-3/h14-15,17H,4-13H2,1-3H3. The van der Waals surface area contributed by atoms with E-state index in [-0.39, 0.29) is 5.60 Å². The van der Waals surface area contributed by atoms with Crippen molar-refractivity contribution in [3.63, 3.8) is 0 Å². The molecule has 0 radical (unpaired) electrons. The summed E-state index contributed by atoms with van der Waals surface area (Å²) in [5.74, 6) is 0. The summed E-state index contributed by atoms with van der Waals surface area (Å²) in [5.41, 5.74) is 0.0406. The Hall–Kier alpha value is -0.160. The maximum Gasteiger partial charge on any atom is 0.0777 e. The summed E-state index contributed by atoms with van der Waals surface area (Å²) in [4.78, 5) is 2.53. The van der Waals surface area contributed by atoms with Gasteiger partial charge in [-0.3, -0.25) is 4.90 Å². The van der Waals surface area contributed by atoms with E-state index in [9.17, 15) is 0 Å². The average molecular weight is 284 g/mol. The van der Waals surface area contributed by atoms with E-state index in [4.69, 9.17) is 9.47 Å². The number of rotatable bonds is 7. The van der Waals surface area contributed by atoms with E-state index in [1.165, 1.54) is 38.6 Å². The molecule has 3 unspecified atom stereocenters. The quantitative estimate of drug-likeness (QED) is 0.725. The minimum absolute atomic E-state index is 0.0406. The Labute approximate surface area is 124 Å². The second-order valence-electron chi connectivity index (χ2n) is 6.65. The lowest BCUT2D eigenvalue weighted by Gasteiger charge is -2.40. The van der Waals surface area contributed by atoms with Crippen molar-refractivity contribution in [2.45, 2.75) is 63.8 Å². The Kier molecular flexibility index (Phi) is 6.27. The van der Waals surface area contributed by atoms with Crippen molar-refractivity contribution in [1.82, 2.24) is 10.2 Å². The van der Waals surface area contributed by atoms with Crippen molar-refractivity contribution in [3.8, 4) is 0 Å². The van der Waals surface area contributed by atoms with Crippen LogP contribution in [-0.4, -0.2) is 62.5 Å². The molecular weight excluding hydrogens is 252 g/mol. The van der Waals surface area contributed by atoms with Gasteiger partial charge in [0, 0.05) is 26.7 Å². The van der Waals surface area contributed by atoms with E-state index >= 15 is 0 Å². The number of nitrogens with zero attached hydrogens (tertiary/aromatic N) is 1. The van der Waals surface area contributed by atoms with Crippen LogP contribution in [0.4, 0.5) is 0 Å². The van der Waals surface area contributed by atoms with Crippen LogP contribution in [0, 0.1) is 0 Å². The Morgan fingerprint density at radius 1 is 1.35 bits per heavy atom. The zero-order valence-electron chi connectivity index (χ0n) is 13.5. The molecule has 0 aromatic rings. The van der Waals surface area contributed by atoms with Gasteiger partial charge in [-0.15, -0.1) is 0 Å². The molecule has 2 aliphatic rings. The number of piperidine rings is 1. The van der Waals surface area contributed by atoms with E-state index in [2.05, 4.69) is 24.1 Å². The smallest absolute Gasteiger partial charge is 0.0777 e. The highest BCUT2D eigenvalue weighted by molar-refractivity contribution is 4.87. The second-order valence-corrected chi connectivity index (χ2v) is 6.65. The first kappa shape index (κ1) is 16.2. The van der Waals surface area contributed by atoms with Gasteiger partial charge in [0.05, 0.1) is 17.8 Å². The first-order valence-electron chi connectivity index (χ1n) is 8.29. The molecule has 2 saturated heterocycles. The molecule has 0 amide bonds. The van der Waals surface area contributed by atoms with Crippen molar-refractivity contribution in [2.75, 3.05) is 39.8 Å². The summed E-state index contributed by atoms with van der Waals surface area (Å²) in [6.45, 7) is 9.85. The molecule has 0 aliphatic carbocycles. The minimum atomic E-state index is 0.0406. The zero-order chi connectivity index (χ0) is 14.4. The number of likely N-dealkylation sites (tertiary alicyclic amines) is 1. The highest BCUT2D eigenvalue weighted by Gasteiger charge is 2.33. The molecule has 0 aromatic heterocycles. The lowest BCUT2D eigenvalue weighted by molar-refractivity contribution is -0.0637. The summed E-state index contributed by atoms with van der Waals surface area (Å²) in [7, 11) is 1.84. The molecule has 0 saturated carbocycles. The van der Waals surface area contributed by atoms with Crippen molar-refractivity contribution in [1.29, 1.82) is 0 Å². The van der Waals surface area contributed by atoms with Gasteiger partial charge >= 0.3 is 0 Å². The molecule has 1 N–H and O–H groups in total. The Morgan fingerprint density at radius 3 is 2.90 bits per heavy atom. The highest BCUT2D eigenvalue weighted by atomic mass is 16.5. The number of ether oxygens (including phenoxy) is 2. The van der Waals surface area contributed by atoms with E-state index in [0.29, 0.717) is 12.2 Å². The summed E-state index contributed by atoms with van der Waals surface area (Å²) in [5, 5.41) is 3.46. The van der Waals surface area contributed by atoms with Gasteiger partial charge in [-0.2, -0.15) is 0 Å². The Balaban J connectivity index is 1.69. The van der Waals surface area contributed by atoms with Crippen LogP contribution < -0.4 is 5.32 Å². The van der Waals surface area contributed by atoms with Crippen LogP contribution in [0.1, 0.15) is 46.0 Å². The van der Waals surface area contributed by atoms with Gasteiger partial charge in [0.2, 0.25) is 0 Å². The molecule has 0 bridgehead atoms. The molecule has 2 rings (SSSR count). The van der Waals surface area contributed by atoms with Gasteiger partial charge in [0.15, 0.2) is 0 Å². The normalized spacial score (nSPS) is 35.5. The molecule has 0 spiro atoms. The van der Waals surface area contributed by atoms with Gasteiger partial charge in [-0.05, 0) is 52.1 Å². The van der Waals surface area contributed by atoms with Gasteiger partial charge in [0.25, 0.3) is 0 Å². The van der Waals surface area contributed by atoms with Crippen molar-refractivity contribution < 1.29 is 9.47 Å². The van der Waals surface area contributed by atoms with Crippen LogP contribution >= 0.6 is 0 Å². The first-order valence-corrected chi connectivity index (χ1v) is 8.29. The fourth-order valence-corrected chi connectivity index (χ4v) is 3.42. The molecule has 4 nitrogen and oxygen atoms in total. The average Bonchev–Trinajstić information content (AvgIpc) is 2.87. The molecule has 20 heavy (non-hydrogen) atoms. The maximum absolute atomic E-state index is 6.17. The van der Waals surface area contributed by atoms with Crippen LogP contribution in [0.25, 0.3) is 0 Å². The number of nitrogens with one attached hydrogen (secondary N) is 1. The molecule has 2 aliphatic heterocycles. The first-order chi connectivity index (χ1) is 9.65. The van der Waals surface area contributed by atoms with Crippen molar-refractivity contribution >= 4 is 0 Å². The monoisotopic (exact) mass is 284 g/mol. The van der Waals surface area contributed by atoms with E-state index in [1.807, 2.05) is 7.11 Å². The summed E-state index contributed by atoms with van der Waals surface area (Å²) >= 11 is 0. The summed E-state index contributed by atoms with van der Waals surface area (Å²) < 4.78 is 11.8. The van der Waals surface area contributed by atoms with Crippen LogP contribution in [0.3, 0.4) is 0 Å². The maximum atomic E-state index is 6.17. The topological polar surface area (TPSA) is 33.7 Å². The molecule has 118 valence electrons. The minimum Gasteiger partial charge on any atom is -0.377 e. The predicted molar refractivity (Wildman–Crippen MR) is 82.1 cm³/mol. The molecule has 4 heteroatoms. The zero-order valence-corrected chi connectivity index (χ0v) is 13.5. The lowest BCUT2D eigenvalue weighted by atomic mass is 9.94. The lowest BCUT2D eigenvalue weighted by Crippen LogP contribution is -2.49. The highest BCUT2D eigenvalue weighted by Crippen LogP contribution is 2.26. The number of methoxy groups -OCH3 is 1. The Bertz CT molecular complexity index is 288. The fraction of sp³-hybridized carbons (Fsp3) is 1.00. The summed E-state index contributed by atoms with van der Waals surface area (Å²) in [6, 6.07) is 0. The van der Waals surface area contributed by atoms with Gasteiger partial charge in [0.1, 0.15) is 0 Å². The SMILES string of the molecule is CCCNCC1CCC(CN2CCCC(C)(OC)C2)O1. The van der Waals surface area contributed by atoms with Crippen molar-refractivity contribution in [2.24, 2.45) is 0 Å². The van der Waals surface area contributed by atoms with Gasteiger partial charge < -0.3 is 14.8 Å². The third kappa shape index (κ3) is 4.69. The Morgan fingerprint density at radius 2 is 2.15 bits per heavy atom. The van der Waals surface area contributed by atoms with Gasteiger partial charge in [-0.1, -0.05) is 6.92 Å². The van der Waals surface area contributed by atoms with Crippen LogP contribution in [-0.2, 0) is 9.47 Å². The molecule has 3 atom stereocenters. The summed E-state index contributed by atoms with van der Waals surface area (Å²) in [6.07, 6.45) is 6.86. The van der Waals surface area contributed by atoms with Crippen LogP contribution in [0.15, 0.2) is 0 Å². The largest absolute Gasteiger partial charge is 0.377 e. The predicted octanol–water partition coefficient (Wildman–Crippen LogP) is 2.03. The third-order valence-corrected chi connectivity index (χ3v) is 4.69. The number of hydrogen-bond acceptors (Lipinski definition) is 4. The van der Waals surface area contributed by atoms with Crippen molar-refractivity contribution in [3.05, 3.63) is 0 Å². The van der Waals surface area contributed by atoms with E-state index < -0.39 is 0 Å². The molecular formula is C16H32N2O2. The van der Waals surface area contributed by atoms with Crippen LogP contribution in [0.2, 0.25) is 0 Å².